The summed E-state index contributed by atoms with van der Waals surface area (Å²) in [5.74, 6) is 0.138. The van der Waals surface area contributed by atoms with Gasteiger partial charge in [-0.25, -0.2) is 0 Å². The minimum atomic E-state index is 0.138. The molecule has 1 amide bonds. The van der Waals surface area contributed by atoms with Crippen molar-refractivity contribution in [2.45, 2.75) is 26.4 Å². The maximum absolute atomic E-state index is 12.2. The number of hydrogen-bond donors (Lipinski definition) is 0. The number of rotatable bonds is 4. The summed E-state index contributed by atoms with van der Waals surface area (Å²) >= 11 is 0. The van der Waals surface area contributed by atoms with E-state index in [9.17, 15) is 4.79 Å². The van der Waals surface area contributed by atoms with E-state index in [0.29, 0.717) is 13.2 Å². The third-order valence-electron chi connectivity index (χ3n) is 3.00. The van der Waals surface area contributed by atoms with Gasteiger partial charge in [-0.15, -0.1) is 0 Å². The molecule has 92 valence electrons. The molecule has 0 fully saturated rings. The normalized spacial score (nSPS) is 15.2. The zero-order chi connectivity index (χ0) is 12.3. The lowest BCUT2D eigenvalue weighted by Crippen LogP contribution is -2.39. The van der Waals surface area contributed by atoms with Gasteiger partial charge < -0.3 is 9.64 Å². The summed E-state index contributed by atoms with van der Waals surface area (Å²) in [7, 11) is 0. The first-order chi connectivity index (χ1) is 8.18. The van der Waals surface area contributed by atoms with E-state index in [1.54, 1.807) is 0 Å². The second kappa shape index (κ2) is 5.32. The van der Waals surface area contributed by atoms with E-state index in [2.05, 4.69) is 0 Å². The largest absolute Gasteiger partial charge is 0.377 e. The van der Waals surface area contributed by atoms with Gasteiger partial charge in [0.2, 0.25) is 0 Å². The molecule has 17 heavy (non-hydrogen) atoms. The third kappa shape index (κ3) is 2.86. The Balaban J connectivity index is 1.98. The van der Waals surface area contributed by atoms with Crippen LogP contribution in [0.4, 0.5) is 0 Å². The van der Waals surface area contributed by atoms with Gasteiger partial charge in [0, 0.05) is 18.7 Å². The maximum Gasteiger partial charge on any atom is 0.254 e. The second-order valence-corrected chi connectivity index (χ2v) is 4.62. The number of fused-ring (bicyclic) bond motifs is 1. The van der Waals surface area contributed by atoms with Crippen molar-refractivity contribution in [3.63, 3.8) is 0 Å². The van der Waals surface area contributed by atoms with Crippen LogP contribution in [-0.2, 0) is 11.2 Å². The Kier molecular flexibility index (Phi) is 3.79. The monoisotopic (exact) mass is 233 g/mol. The highest BCUT2D eigenvalue weighted by atomic mass is 16.5. The van der Waals surface area contributed by atoms with Gasteiger partial charge in [-0.2, -0.15) is 0 Å². The molecule has 1 aromatic rings. The first-order valence-electron chi connectivity index (χ1n) is 6.17. The van der Waals surface area contributed by atoms with Gasteiger partial charge in [-0.1, -0.05) is 18.2 Å². The van der Waals surface area contributed by atoms with Gasteiger partial charge in [0.05, 0.1) is 12.7 Å². The maximum atomic E-state index is 12.2. The van der Waals surface area contributed by atoms with Crippen molar-refractivity contribution in [2.75, 3.05) is 19.7 Å². The summed E-state index contributed by atoms with van der Waals surface area (Å²) < 4.78 is 5.49. The van der Waals surface area contributed by atoms with E-state index in [4.69, 9.17) is 4.74 Å². The molecule has 0 bridgehead atoms. The smallest absolute Gasteiger partial charge is 0.254 e. The van der Waals surface area contributed by atoms with Crippen LogP contribution in [0.25, 0.3) is 0 Å². The molecule has 3 nitrogen and oxygen atoms in total. The summed E-state index contributed by atoms with van der Waals surface area (Å²) in [6.45, 7) is 6.12. The molecule has 0 atom stereocenters. The minimum Gasteiger partial charge on any atom is -0.377 e. The highest BCUT2D eigenvalue weighted by Gasteiger charge is 2.23. The fourth-order valence-corrected chi connectivity index (χ4v) is 2.09. The molecular weight excluding hydrogens is 214 g/mol. The van der Waals surface area contributed by atoms with Crippen LogP contribution in [0.2, 0.25) is 0 Å². The fraction of sp³-hybridized carbons (Fsp3) is 0.500. The molecule has 1 heterocycles. The topological polar surface area (TPSA) is 29.5 Å². The van der Waals surface area contributed by atoms with E-state index >= 15 is 0 Å². The molecular formula is C14H19NO2. The average molecular weight is 233 g/mol. The van der Waals surface area contributed by atoms with Gasteiger partial charge >= 0.3 is 0 Å². The SMILES string of the molecule is CC(C)OCCN1CCc2ccccc2C1=O. The second-order valence-electron chi connectivity index (χ2n) is 4.62. The molecule has 2 rings (SSSR count). The van der Waals surface area contributed by atoms with Gasteiger partial charge in [0.15, 0.2) is 0 Å². The summed E-state index contributed by atoms with van der Waals surface area (Å²) in [5.41, 5.74) is 2.02. The predicted octanol–water partition coefficient (Wildman–Crippen LogP) is 2.11. The summed E-state index contributed by atoms with van der Waals surface area (Å²) in [6, 6.07) is 7.86. The molecule has 1 aromatic carbocycles. The Hall–Kier alpha value is -1.35. The van der Waals surface area contributed by atoms with Gasteiger partial charge in [0.25, 0.3) is 5.91 Å². The van der Waals surface area contributed by atoms with Gasteiger partial charge in [-0.05, 0) is 31.9 Å². The molecule has 0 aliphatic carbocycles. The first kappa shape index (κ1) is 12.1. The Bertz CT molecular complexity index is 401. The Morgan fingerprint density at radius 2 is 2.12 bits per heavy atom. The molecule has 0 N–H and O–H groups in total. The fourth-order valence-electron chi connectivity index (χ4n) is 2.09. The molecule has 0 radical (unpaired) electrons. The minimum absolute atomic E-state index is 0.138. The molecule has 0 aromatic heterocycles. The number of carbonyl (C=O) groups is 1. The standard InChI is InChI=1S/C14H19NO2/c1-11(2)17-10-9-15-8-7-12-5-3-4-6-13(12)14(15)16/h3-6,11H,7-10H2,1-2H3. The van der Waals surface area contributed by atoms with E-state index in [1.165, 1.54) is 5.56 Å². The van der Waals surface area contributed by atoms with Crippen molar-refractivity contribution in [2.24, 2.45) is 0 Å². The van der Waals surface area contributed by atoms with Crippen LogP contribution in [0, 0.1) is 0 Å². The quantitative estimate of drug-likeness (QED) is 0.797. The zero-order valence-corrected chi connectivity index (χ0v) is 10.5. The van der Waals surface area contributed by atoms with Crippen LogP contribution in [0.3, 0.4) is 0 Å². The molecule has 0 spiro atoms. The van der Waals surface area contributed by atoms with Crippen LogP contribution in [-0.4, -0.2) is 36.6 Å². The number of hydrogen-bond acceptors (Lipinski definition) is 2. The highest BCUT2D eigenvalue weighted by molar-refractivity contribution is 5.96. The lowest BCUT2D eigenvalue weighted by atomic mass is 9.99. The third-order valence-corrected chi connectivity index (χ3v) is 3.00. The molecule has 1 aliphatic heterocycles. The average Bonchev–Trinajstić information content (AvgIpc) is 2.32. The molecule has 0 saturated carbocycles. The van der Waals surface area contributed by atoms with Crippen molar-refractivity contribution >= 4 is 5.91 Å². The number of benzene rings is 1. The molecule has 0 saturated heterocycles. The number of nitrogens with zero attached hydrogens (tertiary/aromatic N) is 1. The van der Waals surface area contributed by atoms with Crippen molar-refractivity contribution in [3.05, 3.63) is 35.4 Å². The summed E-state index contributed by atoms with van der Waals surface area (Å²) in [6.07, 6.45) is 1.17. The van der Waals surface area contributed by atoms with Crippen molar-refractivity contribution < 1.29 is 9.53 Å². The zero-order valence-electron chi connectivity index (χ0n) is 10.5. The van der Waals surface area contributed by atoms with Crippen LogP contribution < -0.4 is 0 Å². The Labute approximate surface area is 102 Å². The van der Waals surface area contributed by atoms with Crippen molar-refractivity contribution in [3.8, 4) is 0 Å². The van der Waals surface area contributed by atoms with E-state index in [-0.39, 0.29) is 12.0 Å². The first-order valence-corrected chi connectivity index (χ1v) is 6.17. The Morgan fingerprint density at radius 3 is 2.88 bits per heavy atom. The molecule has 1 aliphatic rings. The van der Waals surface area contributed by atoms with Gasteiger partial charge in [-0.3, -0.25) is 4.79 Å². The van der Waals surface area contributed by atoms with Crippen LogP contribution >= 0.6 is 0 Å². The molecule has 0 unspecified atom stereocenters. The number of ether oxygens (including phenoxy) is 1. The summed E-state index contributed by atoms with van der Waals surface area (Å²) in [5, 5.41) is 0. The predicted molar refractivity (Wildman–Crippen MR) is 67.1 cm³/mol. The van der Waals surface area contributed by atoms with Crippen molar-refractivity contribution in [1.82, 2.24) is 4.90 Å². The van der Waals surface area contributed by atoms with E-state index in [1.807, 2.05) is 43.0 Å². The summed E-state index contributed by atoms with van der Waals surface area (Å²) in [4.78, 5) is 14.0. The van der Waals surface area contributed by atoms with Crippen LogP contribution in [0.1, 0.15) is 29.8 Å². The highest BCUT2D eigenvalue weighted by Crippen LogP contribution is 2.18. The van der Waals surface area contributed by atoms with E-state index in [0.717, 1.165) is 18.5 Å². The number of amides is 1. The lowest BCUT2D eigenvalue weighted by molar-refractivity contribution is 0.0471. The Morgan fingerprint density at radius 1 is 1.35 bits per heavy atom. The number of carbonyl (C=O) groups excluding carboxylic acids is 1. The van der Waals surface area contributed by atoms with Gasteiger partial charge in [0.1, 0.15) is 0 Å². The van der Waals surface area contributed by atoms with Crippen LogP contribution in [0.5, 0.6) is 0 Å². The van der Waals surface area contributed by atoms with Crippen molar-refractivity contribution in [1.29, 1.82) is 0 Å². The molecule has 3 heteroatoms. The van der Waals surface area contributed by atoms with E-state index < -0.39 is 0 Å². The van der Waals surface area contributed by atoms with Crippen LogP contribution in [0.15, 0.2) is 24.3 Å². The lowest BCUT2D eigenvalue weighted by Gasteiger charge is -2.28.